The molecule has 4 rings (SSSR count). The second-order valence-electron chi connectivity index (χ2n) is 8.21. The Bertz CT molecular complexity index is 1030. The maximum absolute atomic E-state index is 12.4. The highest BCUT2D eigenvalue weighted by Gasteiger charge is 2.18. The predicted molar refractivity (Wildman–Crippen MR) is 126 cm³/mol. The van der Waals surface area contributed by atoms with Gasteiger partial charge < -0.3 is 5.32 Å². The molecule has 0 unspecified atom stereocenters. The Morgan fingerprint density at radius 2 is 1.45 bits per heavy atom. The van der Waals surface area contributed by atoms with Crippen molar-refractivity contribution in [3.05, 3.63) is 59.7 Å². The van der Waals surface area contributed by atoms with Crippen molar-refractivity contribution in [2.45, 2.75) is 57.1 Å². The summed E-state index contributed by atoms with van der Waals surface area (Å²) in [5, 5.41) is 12.5. The van der Waals surface area contributed by atoms with Gasteiger partial charge in [0.15, 0.2) is 0 Å². The molecule has 0 atom stereocenters. The number of rotatable bonds is 6. The van der Waals surface area contributed by atoms with Crippen LogP contribution in [0.5, 0.6) is 0 Å². The summed E-state index contributed by atoms with van der Waals surface area (Å²) in [4.78, 5) is 17.2. The summed E-state index contributed by atoms with van der Waals surface area (Å²) in [6.45, 7) is 4.13. The van der Waals surface area contributed by atoms with Crippen molar-refractivity contribution < 1.29 is 4.79 Å². The number of thioether (sulfide) groups is 1. The monoisotopic (exact) mass is 432 g/mol. The highest BCUT2D eigenvalue weighted by Crippen LogP contribution is 2.30. The summed E-state index contributed by atoms with van der Waals surface area (Å²) in [5.41, 5.74) is 5.89. The van der Waals surface area contributed by atoms with Gasteiger partial charge >= 0.3 is 0 Å². The number of aryl methyl sites for hydroxylation is 2. The molecule has 1 N–H and O–H groups in total. The number of carbonyl (C=O) groups is 1. The van der Waals surface area contributed by atoms with Crippen molar-refractivity contribution in [3.63, 3.8) is 0 Å². The van der Waals surface area contributed by atoms with E-state index in [1.54, 1.807) is 0 Å². The molecular weight excluding hydrogens is 404 g/mol. The fraction of sp³-hybridized carbons (Fsp3) is 0.360. The molecule has 6 heteroatoms. The van der Waals surface area contributed by atoms with Crippen LogP contribution in [0.3, 0.4) is 0 Å². The van der Waals surface area contributed by atoms with Crippen LogP contribution in [0.1, 0.15) is 43.2 Å². The minimum Gasteiger partial charge on any atom is -0.353 e. The normalized spacial score (nSPS) is 14.4. The molecule has 5 nitrogen and oxygen atoms in total. The van der Waals surface area contributed by atoms with Crippen LogP contribution in [0, 0.1) is 13.8 Å². The molecule has 31 heavy (non-hydrogen) atoms. The first-order chi connectivity index (χ1) is 15.1. The Labute approximate surface area is 188 Å². The Morgan fingerprint density at radius 1 is 0.871 bits per heavy atom. The summed E-state index contributed by atoms with van der Waals surface area (Å²) >= 11 is 1.34. The highest BCUT2D eigenvalue weighted by molar-refractivity contribution is 7.99. The number of aromatic nitrogens is 3. The number of hydrogen-bond donors (Lipinski definition) is 1. The molecule has 3 aromatic rings. The summed E-state index contributed by atoms with van der Waals surface area (Å²) in [6, 6.07) is 16.8. The van der Waals surface area contributed by atoms with Crippen molar-refractivity contribution >= 4 is 17.7 Å². The average molecular weight is 433 g/mol. The molecule has 0 aliphatic heterocycles. The molecule has 1 aromatic heterocycles. The fourth-order valence-corrected chi connectivity index (χ4v) is 4.44. The average Bonchev–Trinajstić information content (AvgIpc) is 2.79. The van der Waals surface area contributed by atoms with Gasteiger partial charge in [-0.15, -0.1) is 10.2 Å². The standard InChI is InChI=1S/C25H28N4OS/c1-17-8-12-19(13-9-17)23-24(20-14-10-18(2)11-15-20)28-29-25(27-23)31-16-22(30)26-21-6-4-3-5-7-21/h8-15,21H,3-7,16H2,1-2H3,(H,26,30). The third-order valence-corrected chi connectivity index (χ3v) is 6.46. The highest BCUT2D eigenvalue weighted by atomic mass is 32.2. The molecule has 1 heterocycles. The lowest BCUT2D eigenvalue weighted by Crippen LogP contribution is -2.37. The number of benzene rings is 2. The Morgan fingerprint density at radius 3 is 2.06 bits per heavy atom. The maximum Gasteiger partial charge on any atom is 0.230 e. The number of nitrogens with zero attached hydrogens (tertiary/aromatic N) is 3. The van der Waals surface area contributed by atoms with E-state index < -0.39 is 0 Å². The van der Waals surface area contributed by atoms with Gasteiger partial charge in [-0.1, -0.05) is 90.7 Å². The molecule has 0 saturated heterocycles. The van der Waals surface area contributed by atoms with Gasteiger partial charge in [-0.25, -0.2) is 4.98 Å². The van der Waals surface area contributed by atoms with Gasteiger partial charge in [-0.3, -0.25) is 4.79 Å². The SMILES string of the molecule is Cc1ccc(-c2nnc(SCC(=O)NC3CCCCC3)nc2-c2ccc(C)cc2)cc1. The van der Waals surface area contributed by atoms with E-state index in [0.717, 1.165) is 35.4 Å². The van der Waals surface area contributed by atoms with Gasteiger partial charge in [0, 0.05) is 17.2 Å². The van der Waals surface area contributed by atoms with E-state index in [1.807, 2.05) is 12.1 Å². The molecule has 0 bridgehead atoms. The van der Waals surface area contributed by atoms with Crippen LogP contribution in [0.25, 0.3) is 22.5 Å². The van der Waals surface area contributed by atoms with Crippen LogP contribution < -0.4 is 5.32 Å². The molecule has 1 saturated carbocycles. The molecule has 1 fully saturated rings. The number of hydrogen-bond acceptors (Lipinski definition) is 5. The Kier molecular flexibility index (Phi) is 6.97. The zero-order chi connectivity index (χ0) is 21.6. The van der Waals surface area contributed by atoms with Gasteiger partial charge in [-0.2, -0.15) is 0 Å². The lowest BCUT2D eigenvalue weighted by molar-refractivity contribution is -0.119. The first kappa shape index (κ1) is 21.5. The largest absolute Gasteiger partial charge is 0.353 e. The minimum absolute atomic E-state index is 0.0417. The second kappa shape index (κ2) is 10.1. The lowest BCUT2D eigenvalue weighted by atomic mass is 9.95. The van der Waals surface area contributed by atoms with Gasteiger partial charge in [0.2, 0.25) is 11.1 Å². The van der Waals surface area contributed by atoms with Crippen LogP contribution in [0.4, 0.5) is 0 Å². The van der Waals surface area contributed by atoms with E-state index >= 15 is 0 Å². The summed E-state index contributed by atoms with van der Waals surface area (Å²) < 4.78 is 0. The van der Waals surface area contributed by atoms with Crippen molar-refractivity contribution in [3.8, 4) is 22.5 Å². The zero-order valence-electron chi connectivity index (χ0n) is 18.1. The van der Waals surface area contributed by atoms with Crippen LogP contribution in [0.2, 0.25) is 0 Å². The third-order valence-electron chi connectivity index (χ3n) is 5.62. The van der Waals surface area contributed by atoms with Crippen molar-refractivity contribution in [1.82, 2.24) is 20.5 Å². The maximum atomic E-state index is 12.4. The first-order valence-corrected chi connectivity index (χ1v) is 11.9. The van der Waals surface area contributed by atoms with Crippen LogP contribution in [0.15, 0.2) is 53.7 Å². The van der Waals surface area contributed by atoms with E-state index in [0.29, 0.717) is 17.0 Å². The van der Waals surface area contributed by atoms with E-state index in [-0.39, 0.29) is 5.91 Å². The molecule has 1 aliphatic rings. The van der Waals surface area contributed by atoms with Crippen LogP contribution >= 0.6 is 11.8 Å². The van der Waals surface area contributed by atoms with Crippen molar-refractivity contribution in [1.29, 1.82) is 0 Å². The molecule has 1 amide bonds. The van der Waals surface area contributed by atoms with E-state index in [2.05, 4.69) is 65.8 Å². The minimum atomic E-state index is 0.0417. The molecular formula is C25H28N4OS. The van der Waals surface area contributed by atoms with Gasteiger partial charge in [0.1, 0.15) is 11.4 Å². The molecule has 2 aromatic carbocycles. The lowest BCUT2D eigenvalue weighted by Gasteiger charge is -2.22. The Balaban J connectivity index is 1.55. The van der Waals surface area contributed by atoms with Crippen molar-refractivity contribution in [2.24, 2.45) is 0 Å². The summed E-state index contributed by atoms with van der Waals surface area (Å²) in [5.74, 6) is 0.343. The molecule has 160 valence electrons. The molecule has 0 spiro atoms. The zero-order valence-corrected chi connectivity index (χ0v) is 18.9. The second-order valence-corrected chi connectivity index (χ2v) is 9.16. The molecule has 0 radical (unpaired) electrons. The first-order valence-electron chi connectivity index (χ1n) is 10.9. The Hall–Kier alpha value is -2.73. The fourth-order valence-electron chi connectivity index (χ4n) is 3.84. The van der Waals surface area contributed by atoms with E-state index in [4.69, 9.17) is 4.98 Å². The number of amides is 1. The van der Waals surface area contributed by atoms with Gasteiger partial charge in [0.25, 0.3) is 0 Å². The van der Waals surface area contributed by atoms with Gasteiger partial charge in [-0.05, 0) is 26.7 Å². The van der Waals surface area contributed by atoms with Crippen LogP contribution in [-0.2, 0) is 4.79 Å². The summed E-state index contributed by atoms with van der Waals surface area (Å²) in [7, 11) is 0. The van der Waals surface area contributed by atoms with Crippen LogP contribution in [-0.4, -0.2) is 32.9 Å². The van der Waals surface area contributed by atoms with E-state index in [1.165, 1.54) is 42.2 Å². The summed E-state index contributed by atoms with van der Waals surface area (Å²) in [6.07, 6.45) is 5.83. The topological polar surface area (TPSA) is 67.8 Å². The smallest absolute Gasteiger partial charge is 0.230 e. The molecule has 1 aliphatic carbocycles. The van der Waals surface area contributed by atoms with Crippen molar-refractivity contribution in [2.75, 3.05) is 5.75 Å². The number of nitrogens with one attached hydrogen (secondary N) is 1. The third kappa shape index (κ3) is 5.70. The van der Waals surface area contributed by atoms with Gasteiger partial charge in [0.05, 0.1) is 5.75 Å². The quantitative estimate of drug-likeness (QED) is 0.531. The number of carbonyl (C=O) groups excluding carboxylic acids is 1. The predicted octanol–water partition coefficient (Wildman–Crippen LogP) is 5.36. The van der Waals surface area contributed by atoms with E-state index in [9.17, 15) is 4.79 Å².